The molecule has 0 aliphatic heterocycles. The van der Waals surface area contributed by atoms with Gasteiger partial charge in [-0.3, -0.25) is 10.1 Å². The quantitative estimate of drug-likeness (QED) is 0.664. The lowest BCUT2D eigenvalue weighted by Gasteiger charge is -2.32. The van der Waals surface area contributed by atoms with Gasteiger partial charge in [0.15, 0.2) is 0 Å². The Kier molecular flexibility index (Phi) is 3.30. The molecule has 0 spiro atoms. The number of hydrogen-bond acceptors (Lipinski definition) is 4. The number of benzene rings is 1. The molecule has 0 radical (unpaired) electrons. The Morgan fingerprint density at radius 1 is 1.53 bits per heavy atom. The van der Waals surface area contributed by atoms with E-state index in [0.717, 1.165) is 12.1 Å². The van der Waals surface area contributed by atoms with Crippen molar-refractivity contribution in [1.82, 2.24) is 0 Å². The molecule has 92 valence electrons. The van der Waals surface area contributed by atoms with E-state index < -0.39 is 10.7 Å². The molecule has 0 unspecified atom stereocenters. The minimum Gasteiger partial charge on any atom is -0.393 e. The van der Waals surface area contributed by atoms with Crippen molar-refractivity contribution in [2.24, 2.45) is 0 Å². The van der Waals surface area contributed by atoms with E-state index >= 15 is 0 Å². The van der Waals surface area contributed by atoms with Crippen LogP contribution in [0.5, 0.6) is 0 Å². The highest BCUT2D eigenvalue weighted by Crippen LogP contribution is 2.33. The molecule has 0 heterocycles. The number of nitro groups is 1. The van der Waals surface area contributed by atoms with E-state index in [1.165, 1.54) is 0 Å². The second-order valence-electron chi connectivity index (χ2n) is 4.01. The van der Waals surface area contributed by atoms with Crippen LogP contribution >= 0.6 is 15.9 Å². The number of hydrogen-bond donors (Lipinski definition) is 2. The molecule has 1 saturated carbocycles. The van der Waals surface area contributed by atoms with Gasteiger partial charge in [-0.25, -0.2) is 4.39 Å². The summed E-state index contributed by atoms with van der Waals surface area (Å²) in [4.78, 5) is 10.2. The largest absolute Gasteiger partial charge is 0.393 e. The zero-order chi connectivity index (χ0) is 12.6. The van der Waals surface area contributed by atoms with Crippen molar-refractivity contribution in [2.75, 3.05) is 5.32 Å². The number of nitrogens with zero attached hydrogens (tertiary/aromatic N) is 1. The van der Waals surface area contributed by atoms with Crippen LogP contribution in [0.4, 0.5) is 15.8 Å². The van der Waals surface area contributed by atoms with Gasteiger partial charge in [-0.2, -0.15) is 0 Å². The Hall–Kier alpha value is -1.21. The van der Waals surface area contributed by atoms with Crippen LogP contribution in [0.15, 0.2) is 16.6 Å². The van der Waals surface area contributed by atoms with Crippen LogP contribution in [-0.4, -0.2) is 22.2 Å². The van der Waals surface area contributed by atoms with E-state index in [4.69, 9.17) is 5.11 Å². The number of rotatable bonds is 3. The van der Waals surface area contributed by atoms with E-state index in [1.54, 1.807) is 0 Å². The molecule has 1 fully saturated rings. The maximum absolute atomic E-state index is 13.3. The summed E-state index contributed by atoms with van der Waals surface area (Å²) in [6.45, 7) is 0. The van der Waals surface area contributed by atoms with Crippen LogP contribution in [0.1, 0.15) is 12.8 Å². The van der Waals surface area contributed by atoms with Crippen LogP contribution < -0.4 is 5.32 Å². The molecular formula is C10H10BrFN2O3. The number of nitrogens with one attached hydrogen (secondary N) is 1. The third kappa shape index (κ3) is 2.55. The summed E-state index contributed by atoms with van der Waals surface area (Å²) >= 11 is 2.91. The van der Waals surface area contributed by atoms with Crippen LogP contribution in [0, 0.1) is 15.9 Å². The summed E-state index contributed by atoms with van der Waals surface area (Å²) in [6, 6.07) is 2.18. The van der Waals surface area contributed by atoms with Gasteiger partial charge in [0.25, 0.3) is 5.69 Å². The predicted molar refractivity (Wildman–Crippen MR) is 63.4 cm³/mol. The average molecular weight is 305 g/mol. The normalized spacial score (nSPS) is 23.0. The lowest BCUT2D eigenvalue weighted by Crippen LogP contribution is -2.39. The number of anilines is 1. The van der Waals surface area contributed by atoms with Gasteiger partial charge >= 0.3 is 0 Å². The molecule has 0 saturated heterocycles. The SMILES string of the molecule is O=[N+]([O-])c1cc(Br)c(F)cc1NC1CC(O)C1. The number of aliphatic hydroxyl groups excluding tert-OH is 1. The summed E-state index contributed by atoms with van der Waals surface area (Å²) in [7, 11) is 0. The molecular weight excluding hydrogens is 295 g/mol. The monoisotopic (exact) mass is 304 g/mol. The fraction of sp³-hybridized carbons (Fsp3) is 0.400. The summed E-state index contributed by atoms with van der Waals surface area (Å²) in [5.41, 5.74) is -0.0349. The summed E-state index contributed by atoms with van der Waals surface area (Å²) < 4.78 is 13.4. The first-order valence-electron chi connectivity index (χ1n) is 5.05. The average Bonchev–Trinajstić information content (AvgIpc) is 2.20. The molecule has 0 aromatic heterocycles. The minimum atomic E-state index is -0.568. The van der Waals surface area contributed by atoms with E-state index in [0.29, 0.717) is 12.8 Å². The fourth-order valence-electron chi connectivity index (χ4n) is 1.73. The van der Waals surface area contributed by atoms with Gasteiger partial charge < -0.3 is 10.4 Å². The van der Waals surface area contributed by atoms with Crippen molar-refractivity contribution in [3.63, 3.8) is 0 Å². The second-order valence-corrected chi connectivity index (χ2v) is 4.86. The van der Waals surface area contributed by atoms with Gasteiger partial charge in [0.05, 0.1) is 15.5 Å². The predicted octanol–water partition coefficient (Wildman–Crippen LogP) is 2.43. The molecule has 2 N–H and O–H groups in total. The Labute approximate surface area is 105 Å². The molecule has 0 atom stereocenters. The van der Waals surface area contributed by atoms with Crippen LogP contribution in [0.2, 0.25) is 0 Å². The smallest absolute Gasteiger partial charge is 0.293 e. The minimum absolute atomic E-state index is 0.0377. The third-order valence-corrected chi connectivity index (χ3v) is 3.32. The van der Waals surface area contributed by atoms with Gasteiger partial charge in [-0.1, -0.05) is 0 Å². The van der Waals surface area contributed by atoms with Crippen molar-refractivity contribution in [1.29, 1.82) is 0 Å². The molecule has 7 heteroatoms. The molecule has 5 nitrogen and oxygen atoms in total. The zero-order valence-electron chi connectivity index (χ0n) is 8.69. The Bertz CT molecular complexity index is 463. The van der Waals surface area contributed by atoms with Gasteiger partial charge in [-0.05, 0) is 28.8 Å². The van der Waals surface area contributed by atoms with E-state index in [2.05, 4.69) is 21.2 Å². The second kappa shape index (κ2) is 4.58. The van der Waals surface area contributed by atoms with Crippen molar-refractivity contribution < 1.29 is 14.4 Å². The molecule has 0 amide bonds. The molecule has 17 heavy (non-hydrogen) atoms. The van der Waals surface area contributed by atoms with Crippen molar-refractivity contribution in [3.8, 4) is 0 Å². The lowest BCUT2D eigenvalue weighted by molar-refractivity contribution is -0.384. The fourth-order valence-corrected chi connectivity index (χ4v) is 2.06. The highest BCUT2D eigenvalue weighted by molar-refractivity contribution is 9.10. The third-order valence-electron chi connectivity index (χ3n) is 2.71. The molecule has 1 aliphatic carbocycles. The lowest BCUT2D eigenvalue weighted by atomic mass is 9.89. The highest BCUT2D eigenvalue weighted by atomic mass is 79.9. The van der Waals surface area contributed by atoms with E-state index in [1.807, 2.05) is 0 Å². The summed E-state index contributed by atoms with van der Waals surface area (Å²) in [5.74, 6) is -0.557. The first kappa shape index (κ1) is 12.3. The van der Waals surface area contributed by atoms with E-state index in [9.17, 15) is 14.5 Å². The molecule has 1 aromatic rings. The van der Waals surface area contributed by atoms with Crippen molar-refractivity contribution in [2.45, 2.75) is 25.0 Å². The molecule has 0 bridgehead atoms. The molecule has 2 rings (SSSR count). The standard InChI is InChI=1S/C10H10BrFN2O3/c11-7-3-10(14(16)17)9(4-8(7)12)13-5-1-6(15)2-5/h3-6,13,15H,1-2H2. The van der Waals surface area contributed by atoms with Crippen LogP contribution in [-0.2, 0) is 0 Å². The Morgan fingerprint density at radius 3 is 2.71 bits per heavy atom. The van der Waals surface area contributed by atoms with Crippen LogP contribution in [0.3, 0.4) is 0 Å². The molecule has 1 aromatic carbocycles. The van der Waals surface area contributed by atoms with Gasteiger partial charge in [-0.15, -0.1) is 0 Å². The van der Waals surface area contributed by atoms with Crippen LogP contribution in [0.25, 0.3) is 0 Å². The first-order valence-corrected chi connectivity index (χ1v) is 5.84. The first-order chi connectivity index (χ1) is 7.97. The number of aliphatic hydroxyl groups is 1. The van der Waals surface area contributed by atoms with Gasteiger partial charge in [0.1, 0.15) is 11.5 Å². The van der Waals surface area contributed by atoms with Gasteiger partial charge in [0, 0.05) is 18.2 Å². The summed E-state index contributed by atoms with van der Waals surface area (Å²) in [5, 5.41) is 22.8. The topological polar surface area (TPSA) is 75.4 Å². The zero-order valence-corrected chi connectivity index (χ0v) is 10.3. The maximum Gasteiger partial charge on any atom is 0.293 e. The Morgan fingerprint density at radius 2 is 2.18 bits per heavy atom. The number of halogens is 2. The van der Waals surface area contributed by atoms with E-state index in [-0.39, 0.29) is 28.0 Å². The molecule has 1 aliphatic rings. The van der Waals surface area contributed by atoms with Gasteiger partial charge in [0.2, 0.25) is 0 Å². The summed E-state index contributed by atoms with van der Waals surface area (Å²) in [6.07, 6.45) is 0.677. The number of nitro benzene ring substituents is 1. The van der Waals surface area contributed by atoms with Crippen molar-refractivity contribution >= 4 is 27.3 Å². The van der Waals surface area contributed by atoms with Crippen molar-refractivity contribution in [3.05, 3.63) is 32.5 Å². The highest BCUT2D eigenvalue weighted by Gasteiger charge is 2.29. The Balaban J connectivity index is 2.25. The maximum atomic E-state index is 13.3.